The molecule has 0 amide bonds. The second kappa shape index (κ2) is 15.3. The minimum absolute atomic E-state index is 0.519. The Morgan fingerprint density at radius 2 is 0.815 bits per heavy atom. The molecule has 0 aliphatic heterocycles. The van der Waals surface area contributed by atoms with Gasteiger partial charge in [0.1, 0.15) is 0 Å². The van der Waals surface area contributed by atoms with E-state index in [1.807, 2.05) is 36.4 Å². The summed E-state index contributed by atoms with van der Waals surface area (Å²) < 4.78 is 46.4. The van der Waals surface area contributed by atoms with Gasteiger partial charge in [0.05, 0.1) is 50.6 Å². The normalized spacial score (nSPS) is 11.8. The SMILES string of the molecule is Cc1ccccc1-c1ccc2c(c1)c1ccccc1n2-c1cc(C#N)ccc1-c1ccc(-c2ccc(C(F)(F)F)cc2C)cc1-n1c2ccccc2c2cc(-c3ccccc3C)ccc21. The third-order valence-corrected chi connectivity index (χ3v) is 13.0. The molecule has 0 N–H and O–H groups in total. The van der Waals surface area contributed by atoms with Crippen molar-refractivity contribution in [1.29, 1.82) is 5.26 Å². The molecule has 3 nitrogen and oxygen atoms in total. The van der Waals surface area contributed by atoms with Crippen LogP contribution in [0, 0.1) is 32.1 Å². The molecule has 0 spiro atoms. The predicted molar refractivity (Wildman–Crippen MR) is 261 cm³/mol. The van der Waals surface area contributed by atoms with Crippen molar-refractivity contribution in [2.75, 3.05) is 0 Å². The number of aromatic nitrogens is 2. The molecule has 0 bridgehead atoms. The van der Waals surface area contributed by atoms with E-state index in [1.165, 1.54) is 22.8 Å². The molecule has 0 fully saturated rings. The molecule has 0 saturated carbocycles. The van der Waals surface area contributed by atoms with E-state index in [9.17, 15) is 18.4 Å². The number of hydrogen-bond donors (Lipinski definition) is 0. The summed E-state index contributed by atoms with van der Waals surface area (Å²) in [5.41, 5.74) is 16.2. The van der Waals surface area contributed by atoms with E-state index in [1.54, 1.807) is 13.0 Å². The Balaban J connectivity index is 1.21. The van der Waals surface area contributed by atoms with Gasteiger partial charge in [-0.25, -0.2) is 0 Å². The van der Waals surface area contributed by atoms with Crippen molar-refractivity contribution < 1.29 is 13.2 Å². The van der Waals surface area contributed by atoms with Crippen LogP contribution in [0.2, 0.25) is 0 Å². The van der Waals surface area contributed by atoms with Crippen LogP contribution in [-0.4, -0.2) is 9.13 Å². The largest absolute Gasteiger partial charge is 0.416 e. The first-order chi connectivity index (χ1) is 31.6. The molecule has 0 atom stereocenters. The number of nitrogens with zero attached hydrogens (tertiary/aromatic N) is 3. The van der Waals surface area contributed by atoms with E-state index >= 15 is 0 Å². The van der Waals surface area contributed by atoms with Crippen molar-refractivity contribution in [1.82, 2.24) is 9.13 Å². The highest BCUT2D eigenvalue weighted by Gasteiger charge is 2.31. The lowest BCUT2D eigenvalue weighted by Crippen LogP contribution is -2.05. The summed E-state index contributed by atoms with van der Waals surface area (Å²) in [6.45, 7) is 5.99. The summed E-state index contributed by atoms with van der Waals surface area (Å²) in [6, 6.07) is 65.2. The number of benzene rings is 9. The van der Waals surface area contributed by atoms with Crippen LogP contribution in [-0.2, 0) is 6.18 Å². The quantitative estimate of drug-likeness (QED) is 0.164. The Bertz CT molecular complexity index is 3760. The van der Waals surface area contributed by atoms with Crippen molar-refractivity contribution in [2.24, 2.45) is 0 Å². The molecule has 6 heteroatoms. The molecule has 2 aromatic heterocycles. The van der Waals surface area contributed by atoms with Gasteiger partial charge in [0.15, 0.2) is 0 Å². The lowest BCUT2D eigenvalue weighted by Gasteiger charge is -2.20. The summed E-state index contributed by atoms with van der Waals surface area (Å²) in [5, 5.41) is 14.8. The number of alkyl halides is 3. The Labute approximate surface area is 374 Å². The van der Waals surface area contributed by atoms with Crippen LogP contribution in [0.1, 0.15) is 27.8 Å². The lowest BCUT2D eigenvalue weighted by molar-refractivity contribution is -0.137. The fraction of sp³-hybridized carbons (Fsp3) is 0.0678. The van der Waals surface area contributed by atoms with Crippen LogP contribution >= 0.6 is 0 Å². The van der Waals surface area contributed by atoms with Crippen molar-refractivity contribution in [3.63, 3.8) is 0 Å². The Hall–Kier alpha value is -8.14. The van der Waals surface area contributed by atoms with Crippen LogP contribution in [0.5, 0.6) is 0 Å². The van der Waals surface area contributed by atoms with E-state index in [0.717, 1.165) is 94.4 Å². The molecular formula is C59H40F3N3. The van der Waals surface area contributed by atoms with E-state index in [4.69, 9.17) is 0 Å². The van der Waals surface area contributed by atoms with Crippen LogP contribution in [0.25, 0.3) is 99.5 Å². The zero-order valence-corrected chi connectivity index (χ0v) is 35.9. The molecule has 312 valence electrons. The molecule has 0 unspecified atom stereocenters. The highest BCUT2D eigenvalue weighted by atomic mass is 19.4. The highest BCUT2D eigenvalue weighted by molar-refractivity contribution is 6.13. The smallest absolute Gasteiger partial charge is 0.309 e. The van der Waals surface area contributed by atoms with Crippen molar-refractivity contribution in [2.45, 2.75) is 26.9 Å². The van der Waals surface area contributed by atoms with Gasteiger partial charge in [0, 0.05) is 32.7 Å². The maximum absolute atomic E-state index is 13.9. The monoisotopic (exact) mass is 847 g/mol. The summed E-state index contributed by atoms with van der Waals surface area (Å²) >= 11 is 0. The topological polar surface area (TPSA) is 33.6 Å². The fourth-order valence-electron chi connectivity index (χ4n) is 9.88. The number of nitriles is 1. The minimum atomic E-state index is -4.46. The molecule has 11 aromatic rings. The summed E-state index contributed by atoms with van der Waals surface area (Å²) in [4.78, 5) is 0. The lowest BCUT2D eigenvalue weighted by atomic mass is 9.93. The van der Waals surface area contributed by atoms with Crippen LogP contribution in [0.15, 0.2) is 188 Å². The van der Waals surface area contributed by atoms with Gasteiger partial charge in [-0.15, -0.1) is 0 Å². The van der Waals surface area contributed by atoms with Gasteiger partial charge in [0.25, 0.3) is 0 Å². The zero-order chi connectivity index (χ0) is 44.6. The van der Waals surface area contributed by atoms with E-state index in [0.29, 0.717) is 16.7 Å². The first-order valence-electron chi connectivity index (χ1n) is 21.6. The second-order valence-corrected chi connectivity index (χ2v) is 16.9. The Morgan fingerprint density at radius 3 is 1.34 bits per heavy atom. The van der Waals surface area contributed by atoms with Crippen molar-refractivity contribution >= 4 is 43.6 Å². The van der Waals surface area contributed by atoms with E-state index < -0.39 is 11.7 Å². The van der Waals surface area contributed by atoms with Gasteiger partial charge in [-0.3, -0.25) is 0 Å². The van der Waals surface area contributed by atoms with Gasteiger partial charge >= 0.3 is 6.18 Å². The number of aryl methyl sites for hydroxylation is 3. The standard InChI is InChI=1S/C59H40F3N3/c1-36-12-4-6-14-44(36)40-22-28-55-51(32-40)47-16-8-10-18-53(47)64(55)57-31-39(35-63)20-25-49(57)50-26-21-42(46-27-24-43(30-38(46)3)59(60,61)62)34-58(50)65-54-19-11-9-17-48(54)52-33-41(23-29-56(52)65)45-15-7-5-13-37(45)2/h4-34H,1-3H3. The molecule has 9 aromatic carbocycles. The number of fused-ring (bicyclic) bond motifs is 6. The maximum Gasteiger partial charge on any atom is 0.416 e. The average Bonchev–Trinajstić information content (AvgIpc) is 3.83. The molecule has 0 radical (unpaired) electrons. The summed E-state index contributed by atoms with van der Waals surface area (Å²) in [7, 11) is 0. The number of rotatable bonds is 6. The first-order valence-corrected chi connectivity index (χ1v) is 21.6. The van der Waals surface area contributed by atoms with Gasteiger partial charge in [-0.05, 0) is 138 Å². The molecule has 11 rings (SSSR count). The Morgan fingerprint density at radius 1 is 0.385 bits per heavy atom. The second-order valence-electron chi connectivity index (χ2n) is 16.9. The van der Waals surface area contributed by atoms with Crippen LogP contribution < -0.4 is 0 Å². The summed E-state index contributed by atoms with van der Waals surface area (Å²) in [6.07, 6.45) is -4.46. The number of para-hydroxylation sites is 2. The van der Waals surface area contributed by atoms with Gasteiger partial charge in [-0.1, -0.05) is 121 Å². The molecule has 0 aliphatic rings. The first kappa shape index (κ1) is 39.7. The predicted octanol–water partition coefficient (Wildman–Crippen LogP) is 16.4. The molecule has 0 saturated heterocycles. The third kappa shape index (κ3) is 6.59. The van der Waals surface area contributed by atoms with Crippen molar-refractivity contribution in [3.05, 3.63) is 216 Å². The summed E-state index contributed by atoms with van der Waals surface area (Å²) in [5.74, 6) is 0. The zero-order valence-electron chi connectivity index (χ0n) is 35.9. The van der Waals surface area contributed by atoms with Crippen LogP contribution in [0.4, 0.5) is 13.2 Å². The number of hydrogen-bond acceptors (Lipinski definition) is 1. The molecule has 2 heterocycles. The Kier molecular flexibility index (Phi) is 9.34. The third-order valence-electron chi connectivity index (χ3n) is 13.0. The van der Waals surface area contributed by atoms with Crippen molar-refractivity contribution in [3.8, 4) is 62.0 Å². The highest BCUT2D eigenvalue weighted by Crippen LogP contribution is 2.44. The average molecular weight is 848 g/mol. The maximum atomic E-state index is 13.9. The minimum Gasteiger partial charge on any atom is -0.309 e. The van der Waals surface area contributed by atoms with Crippen LogP contribution in [0.3, 0.4) is 0 Å². The molecule has 0 aliphatic carbocycles. The van der Waals surface area contributed by atoms with Gasteiger partial charge < -0.3 is 9.13 Å². The van der Waals surface area contributed by atoms with Gasteiger partial charge in [-0.2, -0.15) is 18.4 Å². The fourth-order valence-corrected chi connectivity index (χ4v) is 9.88. The number of halogens is 3. The molecule has 65 heavy (non-hydrogen) atoms. The van der Waals surface area contributed by atoms with E-state index in [2.05, 4.69) is 163 Å². The molecular weight excluding hydrogens is 808 g/mol. The van der Waals surface area contributed by atoms with E-state index in [-0.39, 0.29) is 0 Å². The van der Waals surface area contributed by atoms with Gasteiger partial charge in [0.2, 0.25) is 0 Å².